The summed E-state index contributed by atoms with van der Waals surface area (Å²) in [4.78, 5) is 24.0. The van der Waals surface area contributed by atoms with Gasteiger partial charge in [0.1, 0.15) is 5.70 Å². The highest BCUT2D eigenvalue weighted by atomic mass is 79.9. The second-order valence-corrected chi connectivity index (χ2v) is 5.48. The molecule has 2 aromatic rings. The van der Waals surface area contributed by atoms with E-state index in [1.54, 1.807) is 24.3 Å². The van der Waals surface area contributed by atoms with Gasteiger partial charge in [0.05, 0.1) is 0 Å². The number of fused-ring (bicyclic) bond motifs is 1. The molecule has 24 heavy (non-hydrogen) atoms. The fourth-order valence-electron chi connectivity index (χ4n) is 2.03. The Balaban J connectivity index is 1.86. The van der Waals surface area contributed by atoms with Crippen molar-refractivity contribution in [1.29, 1.82) is 0 Å². The van der Waals surface area contributed by atoms with E-state index < -0.39 is 11.8 Å². The number of furan rings is 1. The molecule has 0 unspecified atom stereocenters. The van der Waals surface area contributed by atoms with E-state index in [4.69, 9.17) is 19.7 Å². The average molecular weight is 394 g/mol. The number of carbonyl (C=O) groups is 2. The molecule has 1 aromatic carbocycles. The Labute approximate surface area is 144 Å². The summed E-state index contributed by atoms with van der Waals surface area (Å²) in [5.74, 6) is 5.13. The van der Waals surface area contributed by atoms with Crippen LogP contribution in [0.4, 0.5) is 0 Å². The van der Waals surface area contributed by atoms with Crippen molar-refractivity contribution in [2.24, 2.45) is 5.84 Å². The molecule has 3 rings (SSSR count). The second kappa shape index (κ2) is 6.77. The molecule has 9 heteroatoms. The summed E-state index contributed by atoms with van der Waals surface area (Å²) in [7, 11) is 0. The van der Waals surface area contributed by atoms with Crippen LogP contribution in [0.2, 0.25) is 0 Å². The fourth-order valence-corrected chi connectivity index (χ4v) is 2.33. The number of benzene rings is 1. The summed E-state index contributed by atoms with van der Waals surface area (Å²) < 4.78 is 16.0. The molecule has 0 atom stereocenters. The Hall–Kier alpha value is -2.78. The molecule has 0 saturated heterocycles. The average Bonchev–Trinajstić information content (AvgIpc) is 3.21. The fraction of sp³-hybridized carbons (Fsp3) is 0.0667. The van der Waals surface area contributed by atoms with Crippen molar-refractivity contribution in [3.05, 3.63) is 52.0 Å². The van der Waals surface area contributed by atoms with E-state index in [0.717, 1.165) is 0 Å². The standard InChI is InChI=1S/C15H12BrN3O5/c16-13-4-3-11(24-13)15(21)18-9(14(20)19-17)5-8-1-2-10-12(6-8)23-7-22-10/h1-6H,7,17H2,(H,18,21)(H,19,20). The molecule has 2 heterocycles. The molecule has 1 aliphatic heterocycles. The second-order valence-electron chi connectivity index (χ2n) is 4.70. The third-order valence-corrected chi connectivity index (χ3v) is 3.55. The third kappa shape index (κ3) is 3.42. The lowest BCUT2D eigenvalue weighted by molar-refractivity contribution is -0.117. The number of ether oxygens (including phenoxy) is 2. The van der Waals surface area contributed by atoms with Crippen LogP contribution < -0.4 is 26.1 Å². The van der Waals surface area contributed by atoms with Gasteiger partial charge < -0.3 is 19.2 Å². The Kier molecular flexibility index (Phi) is 4.54. The zero-order chi connectivity index (χ0) is 17.1. The van der Waals surface area contributed by atoms with Crippen molar-refractivity contribution in [3.8, 4) is 11.5 Å². The van der Waals surface area contributed by atoms with Crippen LogP contribution >= 0.6 is 15.9 Å². The molecule has 124 valence electrons. The summed E-state index contributed by atoms with van der Waals surface area (Å²) >= 11 is 3.11. The summed E-state index contributed by atoms with van der Waals surface area (Å²) in [6.07, 6.45) is 1.46. The number of amides is 2. The lowest BCUT2D eigenvalue weighted by Crippen LogP contribution is -2.38. The van der Waals surface area contributed by atoms with E-state index in [2.05, 4.69) is 21.2 Å². The number of hydrogen-bond acceptors (Lipinski definition) is 6. The number of carbonyl (C=O) groups excluding carboxylic acids is 2. The zero-order valence-electron chi connectivity index (χ0n) is 12.2. The first kappa shape index (κ1) is 16.1. The van der Waals surface area contributed by atoms with Gasteiger partial charge in [-0.15, -0.1) is 0 Å². The van der Waals surface area contributed by atoms with Crippen LogP contribution in [-0.4, -0.2) is 18.6 Å². The highest BCUT2D eigenvalue weighted by molar-refractivity contribution is 9.10. The maximum absolute atomic E-state index is 12.1. The summed E-state index contributed by atoms with van der Waals surface area (Å²) in [6, 6.07) is 8.14. The van der Waals surface area contributed by atoms with Crippen LogP contribution in [0.1, 0.15) is 16.1 Å². The minimum absolute atomic E-state index is 0.0447. The molecule has 1 aliphatic rings. The quantitative estimate of drug-likeness (QED) is 0.314. The topological polar surface area (TPSA) is 116 Å². The van der Waals surface area contributed by atoms with Gasteiger partial charge >= 0.3 is 0 Å². The van der Waals surface area contributed by atoms with Gasteiger partial charge in [0.25, 0.3) is 11.8 Å². The number of hydrogen-bond donors (Lipinski definition) is 3. The maximum Gasteiger partial charge on any atom is 0.291 e. The van der Waals surface area contributed by atoms with E-state index in [-0.39, 0.29) is 18.3 Å². The van der Waals surface area contributed by atoms with E-state index in [0.29, 0.717) is 21.7 Å². The molecule has 0 fully saturated rings. The van der Waals surface area contributed by atoms with Crippen LogP contribution in [0.5, 0.6) is 11.5 Å². The minimum atomic E-state index is -0.661. The van der Waals surface area contributed by atoms with Crippen LogP contribution in [0.15, 0.2) is 45.1 Å². The highest BCUT2D eigenvalue weighted by Gasteiger charge is 2.18. The predicted molar refractivity (Wildman–Crippen MR) is 86.7 cm³/mol. The SMILES string of the molecule is NNC(=O)C(=Cc1ccc2c(c1)OCO2)NC(=O)c1ccc(Br)o1. The normalized spacial score (nSPS) is 12.8. The van der Waals surface area contributed by atoms with E-state index in [9.17, 15) is 9.59 Å². The lowest BCUT2D eigenvalue weighted by Gasteiger charge is -2.08. The van der Waals surface area contributed by atoms with Gasteiger partial charge in [-0.3, -0.25) is 15.0 Å². The molecule has 0 radical (unpaired) electrons. The first-order chi connectivity index (χ1) is 11.6. The van der Waals surface area contributed by atoms with Gasteiger partial charge in [0.2, 0.25) is 6.79 Å². The minimum Gasteiger partial charge on any atom is -0.454 e. The van der Waals surface area contributed by atoms with Crippen molar-refractivity contribution in [2.45, 2.75) is 0 Å². The molecular weight excluding hydrogens is 382 g/mol. The number of nitrogens with two attached hydrogens (primary N) is 1. The lowest BCUT2D eigenvalue weighted by atomic mass is 10.1. The van der Waals surface area contributed by atoms with E-state index >= 15 is 0 Å². The number of rotatable bonds is 4. The molecule has 0 aliphatic carbocycles. The van der Waals surface area contributed by atoms with Crippen LogP contribution in [0.3, 0.4) is 0 Å². The van der Waals surface area contributed by atoms with Gasteiger partial charge in [-0.05, 0) is 51.8 Å². The first-order valence-corrected chi connectivity index (χ1v) is 7.55. The van der Waals surface area contributed by atoms with E-state index in [1.165, 1.54) is 12.1 Å². The predicted octanol–water partition coefficient (Wildman–Crippen LogP) is 1.53. The summed E-state index contributed by atoms with van der Waals surface area (Å²) in [5, 5.41) is 2.46. The number of hydrazine groups is 1. The molecule has 8 nitrogen and oxygen atoms in total. The molecular formula is C15H12BrN3O5. The smallest absolute Gasteiger partial charge is 0.291 e. The van der Waals surface area contributed by atoms with Gasteiger partial charge in [-0.1, -0.05) is 6.07 Å². The summed E-state index contributed by atoms with van der Waals surface area (Å²) in [5.41, 5.74) is 2.56. The Bertz CT molecular complexity index is 830. The zero-order valence-corrected chi connectivity index (χ0v) is 13.8. The van der Waals surface area contributed by atoms with Crippen molar-refractivity contribution in [1.82, 2.24) is 10.7 Å². The number of halogens is 1. The van der Waals surface area contributed by atoms with Crippen molar-refractivity contribution in [3.63, 3.8) is 0 Å². The molecule has 0 spiro atoms. The van der Waals surface area contributed by atoms with Crippen molar-refractivity contribution in [2.75, 3.05) is 6.79 Å². The summed E-state index contributed by atoms with van der Waals surface area (Å²) in [6.45, 7) is 0.142. The van der Waals surface area contributed by atoms with Gasteiger partial charge in [0, 0.05) is 0 Å². The highest BCUT2D eigenvalue weighted by Crippen LogP contribution is 2.33. The van der Waals surface area contributed by atoms with Crippen molar-refractivity contribution >= 4 is 33.8 Å². The van der Waals surface area contributed by atoms with Gasteiger partial charge in [-0.2, -0.15) is 0 Å². The largest absolute Gasteiger partial charge is 0.454 e. The monoisotopic (exact) mass is 393 g/mol. The van der Waals surface area contributed by atoms with Crippen LogP contribution in [-0.2, 0) is 4.79 Å². The first-order valence-electron chi connectivity index (χ1n) is 6.76. The molecule has 0 saturated carbocycles. The van der Waals surface area contributed by atoms with Crippen LogP contribution in [0.25, 0.3) is 6.08 Å². The Morgan fingerprint density at radius 2 is 1.96 bits per heavy atom. The Morgan fingerprint density at radius 1 is 1.17 bits per heavy atom. The third-order valence-electron chi connectivity index (χ3n) is 3.13. The van der Waals surface area contributed by atoms with Crippen molar-refractivity contribution < 1.29 is 23.5 Å². The maximum atomic E-state index is 12.1. The molecule has 4 N–H and O–H groups in total. The van der Waals surface area contributed by atoms with Crippen LogP contribution in [0, 0.1) is 0 Å². The van der Waals surface area contributed by atoms with Gasteiger partial charge in [-0.25, -0.2) is 5.84 Å². The van der Waals surface area contributed by atoms with E-state index in [1.807, 2.05) is 5.43 Å². The molecule has 0 bridgehead atoms. The molecule has 1 aromatic heterocycles. The molecule has 2 amide bonds. The Morgan fingerprint density at radius 3 is 2.67 bits per heavy atom. The number of nitrogens with one attached hydrogen (secondary N) is 2. The van der Waals surface area contributed by atoms with Gasteiger partial charge in [0.15, 0.2) is 21.9 Å².